The lowest BCUT2D eigenvalue weighted by Crippen LogP contribution is -2.37. The lowest BCUT2D eigenvalue weighted by Gasteiger charge is -2.31. The minimum absolute atomic E-state index is 0.295. The third-order valence-corrected chi connectivity index (χ3v) is 2.06. The average Bonchev–Trinajstić information content (AvgIpc) is 2.13. The molecule has 0 aromatic rings. The number of ether oxygens (including phenoxy) is 1. The van der Waals surface area contributed by atoms with Gasteiger partial charge in [-0.15, -0.1) is 0 Å². The van der Waals surface area contributed by atoms with E-state index in [1.54, 1.807) is 14.0 Å². The molecule has 1 unspecified atom stereocenters. The Hall–Kier alpha value is -0.520. The molecular formula is C11H24N2O3. The van der Waals surface area contributed by atoms with Crippen LogP contribution < -0.4 is 0 Å². The fourth-order valence-corrected chi connectivity index (χ4v) is 1.20. The third kappa shape index (κ3) is 6.15. The second-order valence-electron chi connectivity index (χ2n) is 5.78. The van der Waals surface area contributed by atoms with Crippen LogP contribution in [0.15, 0.2) is 10.2 Å². The van der Waals surface area contributed by atoms with Crippen LogP contribution in [0.25, 0.3) is 0 Å². The van der Waals surface area contributed by atoms with Gasteiger partial charge in [0.05, 0.1) is 11.1 Å². The van der Waals surface area contributed by atoms with Gasteiger partial charge in [-0.2, -0.15) is 10.2 Å². The number of methoxy groups -OCH3 is 1. The quantitative estimate of drug-likeness (QED) is 0.449. The van der Waals surface area contributed by atoms with E-state index in [0.29, 0.717) is 6.42 Å². The third-order valence-electron chi connectivity index (χ3n) is 2.06. The van der Waals surface area contributed by atoms with Gasteiger partial charge in [0.2, 0.25) is 5.72 Å². The smallest absolute Gasteiger partial charge is 0.212 e. The molecule has 0 aromatic heterocycles. The van der Waals surface area contributed by atoms with Crippen LogP contribution in [0.5, 0.6) is 0 Å². The minimum Gasteiger partial charge on any atom is -0.379 e. The Morgan fingerprint density at radius 2 is 1.50 bits per heavy atom. The first-order valence-electron chi connectivity index (χ1n) is 5.35. The monoisotopic (exact) mass is 232 g/mol. The van der Waals surface area contributed by atoms with Gasteiger partial charge in [0.15, 0.2) is 0 Å². The van der Waals surface area contributed by atoms with Crippen molar-refractivity contribution in [2.75, 3.05) is 7.11 Å². The van der Waals surface area contributed by atoms with Crippen molar-refractivity contribution in [1.29, 1.82) is 0 Å². The van der Waals surface area contributed by atoms with Crippen LogP contribution in [0.3, 0.4) is 0 Å². The molecule has 1 atom stereocenters. The maximum atomic E-state index is 8.93. The van der Waals surface area contributed by atoms with Gasteiger partial charge in [-0.05, 0) is 41.5 Å². The standard InChI is InChI=1S/C11H24N2O3/c1-9(2,3)12-13-11(6,16-14)8-10(4,5)15-7/h14H,8H2,1-7H3/b13-12+. The molecule has 0 saturated heterocycles. The molecule has 0 radical (unpaired) electrons. The second-order valence-corrected chi connectivity index (χ2v) is 5.78. The molecule has 5 nitrogen and oxygen atoms in total. The highest BCUT2D eigenvalue weighted by atomic mass is 17.1. The Morgan fingerprint density at radius 3 is 1.81 bits per heavy atom. The van der Waals surface area contributed by atoms with Crippen molar-refractivity contribution in [2.24, 2.45) is 10.2 Å². The van der Waals surface area contributed by atoms with E-state index in [2.05, 4.69) is 15.1 Å². The first-order valence-corrected chi connectivity index (χ1v) is 5.35. The molecule has 0 saturated carbocycles. The van der Waals surface area contributed by atoms with Gasteiger partial charge in [-0.25, -0.2) is 10.1 Å². The van der Waals surface area contributed by atoms with Crippen LogP contribution in [-0.2, 0) is 9.62 Å². The zero-order valence-electron chi connectivity index (χ0n) is 11.4. The normalized spacial score (nSPS) is 17.8. The zero-order valence-corrected chi connectivity index (χ0v) is 11.4. The first-order chi connectivity index (χ1) is 7.04. The summed E-state index contributed by atoms with van der Waals surface area (Å²) in [5.41, 5.74) is -1.81. The van der Waals surface area contributed by atoms with Crippen molar-refractivity contribution >= 4 is 0 Å². The van der Waals surface area contributed by atoms with E-state index in [1.807, 2.05) is 34.6 Å². The number of hydrogen-bond acceptors (Lipinski definition) is 5. The number of hydrogen-bond donors (Lipinski definition) is 1. The predicted molar refractivity (Wildman–Crippen MR) is 62.4 cm³/mol. The maximum Gasteiger partial charge on any atom is 0.212 e. The molecule has 5 heteroatoms. The molecule has 0 heterocycles. The molecule has 0 aliphatic carbocycles. The van der Waals surface area contributed by atoms with Gasteiger partial charge in [-0.1, -0.05) is 0 Å². The Morgan fingerprint density at radius 1 is 1.00 bits per heavy atom. The van der Waals surface area contributed by atoms with E-state index < -0.39 is 11.3 Å². The second kappa shape index (κ2) is 5.21. The molecular weight excluding hydrogens is 208 g/mol. The lowest BCUT2D eigenvalue weighted by molar-refractivity contribution is -0.326. The number of azo groups is 1. The van der Waals surface area contributed by atoms with E-state index in [-0.39, 0.29) is 5.54 Å². The molecule has 0 fully saturated rings. The Kier molecular flexibility index (Phi) is 5.04. The van der Waals surface area contributed by atoms with Gasteiger partial charge in [-0.3, -0.25) is 0 Å². The average molecular weight is 232 g/mol. The summed E-state index contributed by atoms with van der Waals surface area (Å²) in [6, 6.07) is 0. The van der Waals surface area contributed by atoms with Gasteiger partial charge in [0.1, 0.15) is 0 Å². The van der Waals surface area contributed by atoms with Crippen LogP contribution in [0.1, 0.15) is 48.0 Å². The first kappa shape index (κ1) is 15.5. The van der Waals surface area contributed by atoms with E-state index in [1.165, 1.54) is 0 Å². The van der Waals surface area contributed by atoms with Crippen LogP contribution in [0, 0.1) is 0 Å². The summed E-state index contributed by atoms with van der Waals surface area (Å²) in [4.78, 5) is 4.43. The molecule has 0 aliphatic heterocycles. The molecule has 1 N–H and O–H groups in total. The Bertz CT molecular complexity index is 246. The highest BCUT2D eigenvalue weighted by molar-refractivity contribution is 4.82. The zero-order chi connectivity index (χ0) is 13.0. The summed E-state index contributed by atoms with van der Waals surface area (Å²) in [6.07, 6.45) is 0.409. The van der Waals surface area contributed by atoms with E-state index in [4.69, 9.17) is 9.99 Å². The van der Waals surface area contributed by atoms with Crippen LogP contribution in [-0.4, -0.2) is 29.2 Å². The molecule has 0 aromatic carbocycles. The Labute approximate surface area is 97.8 Å². The molecule has 0 rings (SSSR count). The number of rotatable bonds is 5. The highest BCUT2D eigenvalue weighted by Gasteiger charge is 2.34. The van der Waals surface area contributed by atoms with Crippen LogP contribution >= 0.6 is 0 Å². The van der Waals surface area contributed by atoms with E-state index in [9.17, 15) is 0 Å². The maximum absolute atomic E-state index is 8.93. The fraction of sp³-hybridized carbons (Fsp3) is 1.00. The van der Waals surface area contributed by atoms with Crippen molar-refractivity contribution < 1.29 is 14.9 Å². The SMILES string of the molecule is COC(C)(C)CC(C)(/N=N/C(C)(C)C)OO. The van der Waals surface area contributed by atoms with Crippen molar-refractivity contribution in [3.05, 3.63) is 0 Å². The van der Waals surface area contributed by atoms with Crippen LogP contribution in [0.2, 0.25) is 0 Å². The molecule has 96 valence electrons. The van der Waals surface area contributed by atoms with Crippen molar-refractivity contribution in [3.63, 3.8) is 0 Å². The van der Waals surface area contributed by atoms with Gasteiger partial charge in [0.25, 0.3) is 0 Å². The van der Waals surface area contributed by atoms with Crippen LogP contribution in [0.4, 0.5) is 0 Å². The number of nitrogens with zero attached hydrogens (tertiary/aromatic N) is 2. The molecule has 0 amide bonds. The summed E-state index contributed by atoms with van der Waals surface area (Å²) in [5, 5.41) is 17.1. The molecule has 0 spiro atoms. The minimum atomic E-state index is -1.08. The van der Waals surface area contributed by atoms with Gasteiger partial charge in [0, 0.05) is 13.5 Å². The fourth-order valence-electron chi connectivity index (χ4n) is 1.20. The molecule has 0 aliphatic rings. The molecule has 16 heavy (non-hydrogen) atoms. The summed E-state index contributed by atoms with van der Waals surface area (Å²) in [6.45, 7) is 11.2. The highest BCUT2D eigenvalue weighted by Crippen LogP contribution is 2.28. The summed E-state index contributed by atoms with van der Waals surface area (Å²) in [7, 11) is 1.61. The topological polar surface area (TPSA) is 63.4 Å². The summed E-state index contributed by atoms with van der Waals surface area (Å²) < 4.78 is 5.27. The Balaban J connectivity index is 4.74. The van der Waals surface area contributed by atoms with Crippen molar-refractivity contribution in [3.8, 4) is 0 Å². The van der Waals surface area contributed by atoms with Crippen molar-refractivity contribution in [2.45, 2.75) is 64.8 Å². The molecule has 0 bridgehead atoms. The van der Waals surface area contributed by atoms with E-state index >= 15 is 0 Å². The lowest BCUT2D eigenvalue weighted by atomic mass is 9.97. The van der Waals surface area contributed by atoms with Crippen molar-refractivity contribution in [1.82, 2.24) is 0 Å². The summed E-state index contributed by atoms with van der Waals surface area (Å²) in [5.74, 6) is 0. The summed E-state index contributed by atoms with van der Waals surface area (Å²) >= 11 is 0. The van der Waals surface area contributed by atoms with E-state index in [0.717, 1.165) is 0 Å². The van der Waals surface area contributed by atoms with Gasteiger partial charge >= 0.3 is 0 Å². The predicted octanol–water partition coefficient (Wildman–Crippen LogP) is 3.26. The largest absolute Gasteiger partial charge is 0.379 e. The van der Waals surface area contributed by atoms with Gasteiger partial charge < -0.3 is 4.74 Å².